The summed E-state index contributed by atoms with van der Waals surface area (Å²) in [6.45, 7) is 0.688. The molecule has 0 amide bonds. The molecule has 0 saturated heterocycles. The Balaban J connectivity index is 2.18. The van der Waals surface area contributed by atoms with Gasteiger partial charge in [0.05, 0.1) is 12.3 Å². The number of thioether (sulfide) groups is 1. The van der Waals surface area contributed by atoms with E-state index >= 15 is 0 Å². The van der Waals surface area contributed by atoms with Gasteiger partial charge in [-0.25, -0.2) is 0 Å². The van der Waals surface area contributed by atoms with Gasteiger partial charge in [0.25, 0.3) is 0 Å². The molecule has 90 valence electrons. The molecule has 1 aromatic carbocycles. The van der Waals surface area contributed by atoms with Crippen LogP contribution in [0.3, 0.4) is 0 Å². The number of hydrogen-bond acceptors (Lipinski definition) is 4. The van der Waals surface area contributed by atoms with E-state index in [1.165, 1.54) is 0 Å². The second-order valence-electron chi connectivity index (χ2n) is 3.30. The number of hydrogen-bond donors (Lipinski definition) is 0. The highest BCUT2D eigenvalue weighted by atomic mass is 35.5. The normalized spacial score (nSPS) is 10.7. The van der Waals surface area contributed by atoms with Crippen LogP contribution in [0.15, 0.2) is 35.7 Å². The van der Waals surface area contributed by atoms with Crippen molar-refractivity contribution in [2.45, 2.75) is 5.16 Å². The Morgan fingerprint density at radius 1 is 1.47 bits per heavy atom. The number of benzene rings is 1. The van der Waals surface area contributed by atoms with E-state index < -0.39 is 0 Å². The Morgan fingerprint density at radius 2 is 2.35 bits per heavy atom. The number of aromatic nitrogens is 3. The molecule has 0 saturated carbocycles. The Hall–Kier alpha value is -1.04. The summed E-state index contributed by atoms with van der Waals surface area (Å²) in [6, 6.07) is 7.59. The lowest BCUT2D eigenvalue weighted by atomic mass is 10.3. The zero-order chi connectivity index (χ0) is 12.1. The van der Waals surface area contributed by atoms with Crippen LogP contribution in [0.2, 0.25) is 5.02 Å². The summed E-state index contributed by atoms with van der Waals surface area (Å²) in [5.74, 6) is 0.843. The van der Waals surface area contributed by atoms with E-state index in [1.54, 1.807) is 25.2 Å². The minimum Gasteiger partial charge on any atom is -0.384 e. The first-order valence-corrected chi connectivity index (χ1v) is 6.45. The number of ether oxygens (including phenoxy) is 1. The van der Waals surface area contributed by atoms with Crippen LogP contribution in [0, 0.1) is 0 Å². The topological polar surface area (TPSA) is 39.9 Å². The van der Waals surface area contributed by atoms with Gasteiger partial charge in [0, 0.05) is 17.9 Å². The van der Waals surface area contributed by atoms with Crippen molar-refractivity contribution in [1.29, 1.82) is 0 Å². The number of rotatable bonds is 5. The molecule has 0 unspecified atom stereocenters. The van der Waals surface area contributed by atoms with Crippen molar-refractivity contribution in [2.75, 3.05) is 19.5 Å². The van der Waals surface area contributed by atoms with Gasteiger partial charge < -0.3 is 4.74 Å². The third-order valence-corrected chi connectivity index (χ3v) is 3.26. The van der Waals surface area contributed by atoms with Crippen molar-refractivity contribution >= 4 is 23.4 Å². The fourth-order valence-electron chi connectivity index (χ4n) is 1.34. The Bertz CT molecular complexity index is 489. The molecule has 0 spiro atoms. The van der Waals surface area contributed by atoms with Crippen LogP contribution in [0.1, 0.15) is 0 Å². The Labute approximate surface area is 109 Å². The molecule has 0 aliphatic carbocycles. The Kier molecular flexibility index (Phi) is 4.42. The molecule has 2 aromatic rings. The van der Waals surface area contributed by atoms with Gasteiger partial charge in [-0.15, -0.1) is 10.2 Å². The summed E-state index contributed by atoms with van der Waals surface area (Å²) in [6.07, 6.45) is 1.68. The van der Waals surface area contributed by atoms with Crippen LogP contribution in [-0.2, 0) is 4.74 Å². The van der Waals surface area contributed by atoms with Gasteiger partial charge in [-0.2, -0.15) is 0 Å². The lowest BCUT2D eigenvalue weighted by Crippen LogP contribution is -1.98. The third-order valence-electron chi connectivity index (χ3n) is 2.12. The molecular weight excluding hydrogens is 258 g/mol. The first kappa shape index (κ1) is 12.4. The van der Waals surface area contributed by atoms with Crippen molar-refractivity contribution in [2.24, 2.45) is 0 Å². The largest absolute Gasteiger partial charge is 0.384 e. The van der Waals surface area contributed by atoms with E-state index in [0.717, 1.165) is 16.6 Å². The minimum atomic E-state index is 0.688. The molecule has 0 bridgehead atoms. The summed E-state index contributed by atoms with van der Waals surface area (Å²) >= 11 is 7.56. The summed E-state index contributed by atoms with van der Waals surface area (Å²) in [7, 11) is 1.68. The first-order valence-electron chi connectivity index (χ1n) is 5.09. The number of methoxy groups -OCH3 is 1. The quantitative estimate of drug-likeness (QED) is 0.618. The highest BCUT2D eigenvalue weighted by Crippen LogP contribution is 2.21. The summed E-state index contributed by atoms with van der Waals surface area (Å²) < 4.78 is 6.91. The van der Waals surface area contributed by atoms with Crippen molar-refractivity contribution < 1.29 is 4.74 Å². The van der Waals surface area contributed by atoms with E-state index in [1.807, 2.05) is 28.8 Å². The molecule has 4 nitrogen and oxygen atoms in total. The van der Waals surface area contributed by atoms with Gasteiger partial charge in [0.15, 0.2) is 5.16 Å². The summed E-state index contributed by atoms with van der Waals surface area (Å²) in [4.78, 5) is 0. The lowest BCUT2D eigenvalue weighted by molar-refractivity contribution is 0.218. The van der Waals surface area contributed by atoms with Gasteiger partial charge >= 0.3 is 0 Å². The lowest BCUT2D eigenvalue weighted by Gasteiger charge is -2.06. The van der Waals surface area contributed by atoms with Gasteiger partial charge in [0.1, 0.15) is 6.33 Å². The van der Waals surface area contributed by atoms with Crippen LogP contribution in [-0.4, -0.2) is 34.2 Å². The molecule has 6 heteroatoms. The molecule has 0 aliphatic rings. The SMILES string of the molecule is COCCSc1nncn1-c1cccc(Cl)c1. The fourth-order valence-corrected chi connectivity index (χ4v) is 2.36. The maximum absolute atomic E-state index is 5.96. The number of nitrogens with zero attached hydrogens (tertiary/aromatic N) is 3. The molecule has 0 aliphatic heterocycles. The minimum absolute atomic E-state index is 0.688. The second-order valence-corrected chi connectivity index (χ2v) is 4.80. The zero-order valence-corrected chi connectivity index (χ0v) is 10.9. The Morgan fingerprint density at radius 3 is 3.12 bits per heavy atom. The maximum atomic E-state index is 5.96. The van der Waals surface area contributed by atoms with Gasteiger partial charge in [-0.3, -0.25) is 4.57 Å². The second kappa shape index (κ2) is 6.05. The predicted octanol–water partition coefficient (Wildman–Crippen LogP) is 2.66. The van der Waals surface area contributed by atoms with E-state index in [4.69, 9.17) is 16.3 Å². The number of halogens is 1. The molecule has 2 rings (SSSR count). The average Bonchev–Trinajstić information content (AvgIpc) is 2.78. The van der Waals surface area contributed by atoms with Crippen LogP contribution >= 0.6 is 23.4 Å². The van der Waals surface area contributed by atoms with Crippen LogP contribution in [0.5, 0.6) is 0 Å². The van der Waals surface area contributed by atoms with E-state index in [9.17, 15) is 0 Å². The van der Waals surface area contributed by atoms with Crippen LogP contribution < -0.4 is 0 Å². The van der Waals surface area contributed by atoms with Gasteiger partial charge in [0.2, 0.25) is 0 Å². The summed E-state index contributed by atoms with van der Waals surface area (Å²) in [5, 5.41) is 9.52. The molecule has 0 radical (unpaired) electrons. The molecular formula is C11H12ClN3OS. The smallest absolute Gasteiger partial charge is 0.195 e. The third kappa shape index (κ3) is 3.21. The summed E-state index contributed by atoms with van der Waals surface area (Å²) in [5.41, 5.74) is 0.961. The molecule has 0 atom stereocenters. The monoisotopic (exact) mass is 269 g/mol. The molecule has 17 heavy (non-hydrogen) atoms. The fraction of sp³-hybridized carbons (Fsp3) is 0.273. The molecule has 1 heterocycles. The average molecular weight is 270 g/mol. The van der Waals surface area contributed by atoms with E-state index in [-0.39, 0.29) is 0 Å². The molecule has 1 aromatic heterocycles. The van der Waals surface area contributed by atoms with Crippen molar-refractivity contribution in [3.63, 3.8) is 0 Å². The predicted molar refractivity (Wildman–Crippen MR) is 69.0 cm³/mol. The van der Waals surface area contributed by atoms with Crippen LogP contribution in [0.25, 0.3) is 5.69 Å². The standard InChI is InChI=1S/C11H12ClN3OS/c1-16-5-6-17-11-14-13-8-15(11)10-4-2-3-9(12)7-10/h2-4,7-8H,5-6H2,1H3. The molecule has 0 fully saturated rings. The zero-order valence-electron chi connectivity index (χ0n) is 9.34. The highest BCUT2D eigenvalue weighted by molar-refractivity contribution is 7.99. The van der Waals surface area contributed by atoms with Crippen molar-refractivity contribution in [3.8, 4) is 5.69 Å². The van der Waals surface area contributed by atoms with E-state index in [2.05, 4.69) is 10.2 Å². The van der Waals surface area contributed by atoms with Crippen LogP contribution in [0.4, 0.5) is 0 Å². The van der Waals surface area contributed by atoms with Crippen molar-refractivity contribution in [3.05, 3.63) is 35.6 Å². The van der Waals surface area contributed by atoms with Gasteiger partial charge in [-0.1, -0.05) is 29.4 Å². The van der Waals surface area contributed by atoms with Gasteiger partial charge in [-0.05, 0) is 18.2 Å². The maximum Gasteiger partial charge on any atom is 0.195 e. The first-order chi connectivity index (χ1) is 8.31. The molecule has 0 N–H and O–H groups in total. The van der Waals surface area contributed by atoms with E-state index in [0.29, 0.717) is 11.6 Å². The van der Waals surface area contributed by atoms with Crippen molar-refractivity contribution in [1.82, 2.24) is 14.8 Å². The highest BCUT2D eigenvalue weighted by Gasteiger charge is 2.06.